The zero-order valence-corrected chi connectivity index (χ0v) is 18.2. The van der Waals surface area contributed by atoms with E-state index in [9.17, 15) is 56.2 Å². The summed E-state index contributed by atoms with van der Waals surface area (Å²) >= 11 is 0. The van der Waals surface area contributed by atoms with E-state index in [0.29, 0.717) is 0 Å². The average Bonchev–Trinajstić information content (AvgIpc) is 2.83. The van der Waals surface area contributed by atoms with Crippen LogP contribution < -0.4 is 5.32 Å². The standard InChI is InChI=1S/C20H35NO13/c22-3-6-1-8(12(26)15(29)11(6)25)21-9-2-7(4-23)19(17(31)13(9)27)34-20-18(32)16(30)14(28)10(5-24)33-20/h1,7-32H,2-5H2/t7-,8+,9-,10?,11+,12-,13?,14+,15-,16-,17?,18-,19+,20-/m0/s1. The van der Waals surface area contributed by atoms with Crippen LogP contribution in [0.15, 0.2) is 11.6 Å². The monoisotopic (exact) mass is 497 g/mol. The fraction of sp³-hybridized carbons (Fsp3) is 0.900. The summed E-state index contributed by atoms with van der Waals surface area (Å²) < 4.78 is 10.9. The summed E-state index contributed by atoms with van der Waals surface area (Å²) in [6, 6.07) is -1.94. The van der Waals surface area contributed by atoms with Gasteiger partial charge in [0.05, 0.1) is 31.5 Å². The molecule has 1 aliphatic heterocycles. The Bertz CT molecular complexity index is 693. The molecular weight excluding hydrogens is 462 g/mol. The zero-order chi connectivity index (χ0) is 25.3. The van der Waals surface area contributed by atoms with E-state index in [1.165, 1.54) is 6.08 Å². The fourth-order valence-corrected chi connectivity index (χ4v) is 4.77. The van der Waals surface area contributed by atoms with E-state index in [0.717, 1.165) is 0 Å². The summed E-state index contributed by atoms with van der Waals surface area (Å²) in [5.74, 6) is -0.833. The lowest BCUT2D eigenvalue weighted by atomic mass is 9.78. The Hall–Kier alpha value is -0.820. The number of ether oxygens (including phenoxy) is 2. The highest BCUT2D eigenvalue weighted by Crippen LogP contribution is 2.33. The van der Waals surface area contributed by atoms with Gasteiger partial charge in [0.1, 0.15) is 48.8 Å². The molecule has 14 heteroatoms. The zero-order valence-electron chi connectivity index (χ0n) is 18.2. The van der Waals surface area contributed by atoms with Crippen LogP contribution >= 0.6 is 0 Å². The first-order chi connectivity index (χ1) is 16.0. The van der Waals surface area contributed by atoms with Gasteiger partial charge in [0.15, 0.2) is 6.29 Å². The number of aliphatic hydroxyl groups excluding tert-OH is 11. The predicted molar refractivity (Wildman–Crippen MR) is 110 cm³/mol. The van der Waals surface area contributed by atoms with Gasteiger partial charge in [-0.2, -0.15) is 0 Å². The van der Waals surface area contributed by atoms with Crippen molar-refractivity contribution < 1.29 is 65.6 Å². The van der Waals surface area contributed by atoms with Gasteiger partial charge < -0.3 is 71.0 Å². The van der Waals surface area contributed by atoms with E-state index in [1.807, 2.05) is 0 Å². The molecule has 0 aromatic rings. The molecule has 0 amide bonds. The van der Waals surface area contributed by atoms with Crippen molar-refractivity contribution in [3.05, 3.63) is 11.6 Å². The maximum Gasteiger partial charge on any atom is 0.187 e. The molecule has 0 spiro atoms. The molecule has 0 aromatic heterocycles. The van der Waals surface area contributed by atoms with Crippen molar-refractivity contribution in [3.63, 3.8) is 0 Å². The van der Waals surface area contributed by atoms with Crippen molar-refractivity contribution in [1.29, 1.82) is 0 Å². The first-order valence-corrected chi connectivity index (χ1v) is 11.1. The van der Waals surface area contributed by atoms with Crippen LogP contribution in [0.3, 0.4) is 0 Å². The quantitative estimate of drug-likeness (QED) is 0.146. The summed E-state index contributed by atoms with van der Waals surface area (Å²) in [4.78, 5) is 0. The van der Waals surface area contributed by atoms with Gasteiger partial charge in [0.2, 0.25) is 0 Å². The highest BCUT2D eigenvalue weighted by Gasteiger charge is 2.50. The molecule has 14 atom stereocenters. The van der Waals surface area contributed by atoms with Gasteiger partial charge in [-0.25, -0.2) is 0 Å². The average molecular weight is 497 g/mol. The molecule has 1 saturated carbocycles. The van der Waals surface area contributed by atoms with Crippen LogP contribution in [0.5, 0.6) is 0 Å². The van der Waals surface area contributed by atoms with Crippen molar-refractivity contribution in [3.8, 4) is 0 Å². The Morgan fingerprint density at radius 3 is 2.06 bits per heavy atom. The third-order valence-corrected chi connectivity index (χ3v) is 6.90. The second-order valence-electron chi connectivity index (χ2n) is 9.08. The first kappa shape index (κ1) is 27.8. The van der Waals surface area contributed by atoms with Crippen LogP contribution in [0, 0.1) is 5.92 Å². The highest BCUT2D eigenvalue weighted by atomic mass is 16.7. The maximum atomic E-state index is 10.7. The van der Waals surface area contributed by atoms with E-state index < -0.39 is 105 Å². The Balaban J connectivity index is 1.73. The molecule has 3 aliphatic rings. The van der Waals surface area contributed by atoms with E-state index in [2.05, 4.69) is 5.32 Å². The molecule has 12 N–H and O–H groups in total. The van der Waals surface area contributed by atoms with Gasteiger partial charge in [-0.1, -0.05) is 6.08 Å². The third kappa shape index (κ3) is 5.30. The molecule has 198 valence electrons. The second kappa shape index (κ2) is 11.5. The van der Waals surface area contributed by atoms with Gasteiger partial charge in [-0.15, -0.1) is 0 Å². The number of aliphatic hydroxyl groups is 11. The second-order valence-corrected chi connectivity index (χ2v) is 9.08. The molecule has 3 rings (SSSR count). The van der Waals surface area contributed by atoms with Gasteiger partial charge in [-0.05, 0) is 12.0 Å². The lowest BCUT2D eigenvalue weighted by molar-refractivity contribution is -0.328. The fourth-order valence-electron chi connectivity index (χ4n) is 4.77. The molecule has 2 aliphatic carbocycles. The molecule has 14 nitrogen and oxygen atoms in total. The molecule has 2 fully saturated rings. The van der Waals surface area contributed by atoms with E-state index in [4.69, 9.17) is 9.47 Å². The van der Waals surface area contributed by atoms with Gasteiger partial charge in [0, 0.05) is 18.6 Å². The summed E-state index contributed by atoms with van der Waals surface area (Å²) in [5.41, 5.74) is 0.0590. The highest BCUT2D eigenvalue weighted by molar-refractivity contribution is 5.22. The lowest BCUT2D eigenvalue weighted by Gasteiger charge is -2.47. The summed E-state index contributed by atoms with van der Waals surface area (Å²) in [6.45, 7) is -1.80. The van der Waals surface area contributed by atoms with Crippen LogP contribution in [0.1, 0.15) is 6.42 Å². The summed E-state index contributed by atoms with van der Waals surface area (Å²) in [7, 11) is 0. The Kier molecular flexibility index (Phi) is 9.38. The van der Waals surface area contributed by atoms with Crippen molar-refractivity contribution in [2.24, 2.45) is 5.92 Å². The topological polar surface area (TPSA) is 253 Å². The van der Waals surface area contributed by atoms with Gasteiger partial charge in [0.25, 0.3) is 0 Å². The molecule has 34 heavy (non-hydrogen) atoms. The van der Waals surface area contributed by atoms with Gasteiger partial charge in [-0.3, -0.25) is 0 Å². The van der Waals surface area contributed by atoms with Crippen molar-refractivity contribution >= 4 is 0 Å². The lowest BCUT2D eigenvalue weighted by Crippen LogP contribution is -2.66. The largest absolute Gasteiger partial charge is 0.396 e. The van der Waals surface area contributed by atoms with Crippen molar-refractivity contribution in [2.75, 3.05) is 19.8 Å². The van der Waals surface area contributed by atoms with E-state index in [1.54, 1.807) is 0 Å². The van der Waals surface area contributed by atoms with Crippen LogP contribution in [0.4, 0.5) is 0 Å². The van der Waals surface area contributed by atoms with Crippen LogP contribution in [-0.4, -0.2) is 155 Å². The van der Waals surface area contributed by atoms with E-state index in [-0.39, 0.29) is 12.0 Å². The number of hydrogen-bond acceptors (Lipinski definition) is 14. The normalized spacial score (nSPS) is 50.1. The molecule has 1 heterocycles. The number of nitrogens with one attached hydrogen (secondary N) is 1. The molecule has 3 unspecified atom stereocenters. The number of rotatable bonds is 7. The number of hydrogen-bond donors (Lipinski definition) is 12. The summed E-state index contributed by atoms with van der Waals surface area (Å²) in [5, 5.41) is 113. The molecule has 0 bridgehead atoms. The van der Waals surface area contributed by atoms with Crippen LogP contribution in [0.2, 0.25) is 0 Å². The first-order valence-electron chi connectivity index (χ1n) is 11.1. The SMILES string of the molecule is OCC1=C[C@@H](N[C@H]2C[C@@H](CO)[C@@H](O[C@@H]3OC(CO)[C@@H](O)[C@H](O)[C@@H]3O)C(O)C2O)[C@H](O)[C@@H](O)[C@@H]1O. The Morgan fingerprint density at radius 1 is 0.794 bits per heavy atom. The maximum absolute atomic E-state index is 10.7. The molecular formula is C20H35NO13. The molecule has 0 aromatic carbocycles. The third-order valence-electron chi connectivity index (χ3n) is 6.90. The van der Waals surface area contributed by atoms with Gasteiger partial charge >= 0.3 is 0 Å². The predicted octanol–water partition coefficient (Wildman–Crippen LogP) is -6.75. The van der Waals surface area contributed by atoms with Crippen LogP contribution in [-0.2, 0) is 9.47 Å². The smallest absolute Gasteiger partial charge is 0.187 e. The minimum Gasteiger partial charge on any atom is -0.396 e. The van der Waals surface area contributed by atoms with Crippen molar-refractivity contribution in [1.82, 2.24) is 5.32 Å². The molecule has 1 saturated heterocycles. The summed E-state index contributed by atoms with van der Waals surface area (Å²) in [6.07, 6.45) is -15.7. The molecule has 0 radical (unpaired) electrons. The Labute approximate surface area is 194 Å². The van der Waals surface area contributed by atoms with E-state index >= 15 is 0 Å². The minimum atomic E-state index is -1.75. The minimum absolute atomic E-state index is 0.0129. The van der Waals surface area contributed by atoms with Crippen LogP contribution in [0.25, 0.3) is 0 Å². The Morgan fingerprint density at radius 2 is 1.47 bits per heavy atom. The van der Waals surface area contributed by atoms with Crippen molar-refractivity contribution in [2.45, 2.75) is 85.8 Å².